The van der Waals surface area contributed by atoms with Gasteiger partial charge >= 0.3 is 13.1 Å². The number of para-hydroxylation sites is 1. The summed E-state index contributed by atoms with van der Waals surface area (Å²) in [7, 11) is 0.840. The number of ether oxygens (including phenoxy) is 2. The van der Waals surface area contributed by atoms with Crippen LogP contribution in [0.1, 0.15) is 56.1 Å². The number of nitrogens with zero attached hydrogens (tertiary/aromatic N) is 3. The fourth-order valence-electron chi connectivity index (χ4n) is 4.82. The van der Waals surface area contributed by atoms with E-state index in [1.807, 2.05) is 87.7 Å². The van der Waals surface area contributed by atoms with Gasteiger partial charge < -0.3 is 18.8 Å². The van der Waals surface area contributed by atoms with Crippen molar-refractivity contribution in [1.82, 2.24) is 9.55 Å². The second-order valence-electron chi connectivity index (χ2n) is 10.8. The van der Waals surface area contributed by atoms with Crippen LogP contribution in [-0.4, -0.2) is 47.6 Å². The molecule has 1 aliphatic heterocycles. The van der Waals surface area contributed by atoms with Crippen LogP contribution in [0.25, 0.3) is 22.2 Å². The van der Waals surface area contributed by atoms with Gasteiger partial charge in [-0.05, 0) is 75.0 Å². The molecule has 0 unspecified atom stereocenters. The van der Waals surface area contributed by atoms with E-state index in [0.29, 0.717) is 41.3 Å². The minimum Gasteiger partial charge on any atom is -0.465 e. The van der Waals surface area contributed by atoms with Crippen molar-refractivity contribution in [3.8, 4) is 23.2 Å². The Morgan fingerprint density at radius 2 is 1.75 bits per heavy atom. The molecule has 0 aliphatic carbocycles. The Bertz CT molecular complexity index is 1600. The molecule has 5 rings (SSSR count). The number of imidazole rings is 1. The zero-order valence-electron chi connectivity index (χ0n) is 23.6. The highest BCUT2D eigenvalue weighted by molar-refractivity contribution is 6.62. The molecule has 0 saturated carbocycles. The first kappa shape index (κ1) is 27.4. The van der Waals surface area contributed by atoms with E-state index in [1.165, 1.54) is 7.11 Å². The van der Waals surface area contributed by atoms with Crippen LogP contribution in [-0.2, 0) is 20.6 Å². The number of esters is 1. The Morgan fingerprint density at radius 3 is 2.38 bits per heavy atom. The van der Waals surface area contributed by atoms with Crippen LogP contribution in [0, 0.1) is 11.3 Å². The van der Waals surface area contributed by atoms with Gasteiger partial charge in [0.25, 0.3) is 6.01 Å². The molecule has 204 valence electrons. The minimum atomic E-state index is -0.522. The van der Waals surface area contributed by atoms with Gasteiger partial charge in [-0.3, -0.25) is 4.57 Å². The number of rotatable bonds is 7. The maximum atomic E-state index is 12.5. The van der Waals surface area contributed by atoms with E-state index in [0.717, 1.165) is 22.2 Å². The molecule has 1 aliphatic rings. The molecule has 1 aromatic heterocycles. The van der Waals surface area contributed by atoms with Gasteiger partial charge in [0.1, 0.15) is 0 Å². The third kappa shape index (κ3) is 4.85. The van der Waals surface area contributed by atoms with Gasteiger partial charge in [0.15, 0.2) is 0 Å². The van der Waals surface area contributed by atoms with Crippen LogP contribution in [0.4, 0.5) is 0 Å². The van der Waals surface area contributed by atoms with E-state index in [2.05, 4.69) is 11.1 Å². The first-order valence-corrected chi connectivity index (χ1v) is 13.3. The first-order chi connectivity index (χ1) is 19.1. The summed E-state index contributed by atoms with van der Waals surface area (Å²) in [5.41, 5.74) is 4.92. The SMILES string of the molecule is CCOc1nc2cccc(C(=O)OC)c2n1Cc1ccc(-c2cc(B3OC(C)(C)C(C)(C)O3)ccc2C#N)cc1. The van der Waals surface area contributed by atoms with Crippen molar-refractivity contribution >= 4 is 29.6 Å². The second-order valence-corrected chi connectivity index (χ2v) is 10.8. The molecule has 0 bridgehead atoms. The molecule has 0 spiro atoms. The number of fused-ring (bicyclic) bond motifs is 1. The van der Waals surface area contributed by atoms with Crippen molar-refractivity contribution < 1.29 is 23.6 Å². The Kier molecular flexibility index (Phi) is 7.17. The third-order valence-electron chi connectivity index (χ3n) is 7.71. The molecule has 1 fully saturated rings. The van der Waals surface area contributed by atoms with E-state index in [4.69, 9.17) is 18.8 Å². The highest BCUT2D eigenvalue weighted by Gasteiger charge is 2.51. The van der Waals surface area contributed by atoms with E-state index < -0.39 is 24.3 Å². The summed E-state index contributed by atoms with van der Waals surface area (Å²) in [5, 5.41) is 9.83. The maximum absolute atomic E-state index is 12.5. The number of benzene rings is 3. The van der Waals surface area contributed by atoms with Crippen molar-refractivity contribution in [1.29, 1.82) is 5.26 Å². The van der Waals surface area contributed by atoms with Crippen molar-refractivity contribution in [3.05, 3.63) is 77.4 Å². The quantitative estimate of drug-likeness (QED) is 0.239. The smallest absolute Gasteiger partial charge is 0.465 e. The fourth-order valence-corrected chi connectivity index (χ4v) is 4.82. The lowest BCUT2D eigenvalue weighted by molar-refractivity contribution is 0.00578. The van der Waals surface area contributed by atoms with Gasteiger partial charge in [-0.15, -0.1) is 0 Å². The predicted molar refractivity (Wildman–Crippen MR) is 154 cm³/mol. The summed E-state index contributed by atoms with van der Waals surface area (Å²) in [6.45, 7) is 10.8. The van der Waals surface area contributed by atoms with Crippen LogP contribution < -0.4 is 10.2 Å². The van der Waals surface area contributed by atoms with Gasteiger partial charge in [0, 0.05) is 0 Å². The molecule has 40 heavy (non-hydrogen) atoms. The number of methoxy groups -OCH3 is 1. The van der Waals surface area contributed by atoms with Gasteiger partial charge in [0.05, 0.1) is 59.7 Å². The standard InChI is InChI=1S/C31H32BN3O5/c1-7-38-29-34-26-10-8-9-24(28(36)37-6)27(26)35(29)19-20-11-13-21(14-12-20)25-17-23(16-15-22(25)18-33)32-39-30(2,3)31(4,5)40-32/h8-17H,7,19H2,1-6H3. The number of hydrogen-bond donors (Lipinski definition) is 0. The van der Waals surface area contributed by atoms with Crippen molar-refractivity contribution in [2.24, 2.45) is 0 Å². The zero-order valence-corrected chi connectivity index (χ0v) is 23.6. The Hall–Kier alpha value is -4.13. The van der Waals surface area contributed by atoms with Gasteiger partial charge in [-0.1, -0.05) is 42.5 Å². The van der Waals surface area contributed by atoms with Gasteiger partial charge in [-0.2, -0.15) is 10.2 Å². The largest absolute Gasteiger partial charge is 0.494 e. The molecular weight excluding hydrogens is 505 g/mol. The number of carbonyl (C=O) groups is 1. The van der Waals surface area contributed by atoms with Crippen LogP contribution in [0.2, 0.25) is 0 Å². The summed E-state index contributed by atoms with van der Waals surface area (Å²) in [5.74, 6) is -0.434. The minimum absolute atomic E-state index is 0.424. The van der Waals surface area contributed by atoms with E-state index in [-0.39, 0.29) is 0 Å². The molecule has 0 atom stereocenters. The van der Waals surface area contributed by atoms with Crippen LogP contribution in [0.15, 0.2) is 60.7 Å². The summed E-state index contributed by atoms with van der Waals surface area (Å²) in [6, 6.07) is 21.7. The highest BCUT2D eigenvalue weighted by atomic mass is 16.7. The molecule has 4 aromatic rings. The summed E-state index contributed by atoms with van der Waals surface area (Å²) in [4.78, 5) is 17.1. The van der Waals surface area contributed by atoms with Gasteiger partial charge in [-0.25, -0.2) is 4.79 Å². The van der Waals surface area contributed by atoms with Crippen molar-refractivity contribution in [3.63, 3.8) is 0 Å². The molecule has 0 radical (unpaired) electrons. The Labute approximate surface area is 234 Å². The first-order valence-electron chi connectivity index (χ1n) is 13.3. The molecule has 8 nitrogen and oxygen atoms in total. The average molecular weight is 537 g/mol. The lowest BCUT2D eigenvalue weighted by Gasteiger charge is -2.32. The zero-order chi connectivity index (χ0) is 28.7. The maximum Gasteiger partial charge on any atom is 0.494 e. The number of hydrogen-bond acceptors (Lipinski definition) is 7. The molecule has 0 amide bonds. The Morgan fingerprint density at radius 1 is 1.05 bits per heavy atom. The highest BCUT2D eigenvalue weighted by Crippen LogP contribution is 2.37. The second kappa shape index (κ2) is 10.5. The van der Waals surface area contributed by atoms with E-state index in [1.54, 1.807) is 12.1 Å². The summed E-state index contributed by atoms with van der Waals surface area (Å²) >= 11 is 0. The molecule has 9 heteroatoms. The predicted octanol–water partition coefficient (Wildman–Crippen LogP) is 5.11. The van der Waals surface area contributed by atoms with Gasteiger partial charge in [0.2, 0.25) is 0 Å². The monoisotopic (exact) mass is 537 g/mol. The number of nitriles is 1. The fraction of sp³-hybridized carbons (Fsp3) is 0.323. The molecule has 1 saturated heterocycles. The molecule has 3 aromatic carbocycles. The number of aromatic nitrogens is 2. The van der Waals surface area contributed by atoms with E-state index in [9.17, 15) is 10.1 Å². The van der Waals surface area contributed by atoms with Crippen molar-refractivity contribution in [2.75, 3.05) is 13.7 Å². The topological polar surface area (TPSA) is 95.6 Å². The van der Waals surface area contributed by atoms with E-state index >= 15 is 0 Å². The lowest BCUT2D eigenvalue weighted by atomic mass is 9.77. The van der Waals surface area contributed by atoms with Crippen LogP contribution in [0.3, 0.4) is 0 Å². The lowest BCUT2D eigenvalue weighted by Crippen LogP contribution is -2.41. The van der Waals surface area contributed by atoms with Crippen LogP contribution >= 0.6 is 0 Å². The molecule has 0 N–H and O–H groups in total. The van der Waals surface area contributed by atoms with Crippen molar-refractivity contribution in [2.45, 2.75) is 52.4 Å². The normalized spacial score (nSPS) is 15.7. The summed E-state index contributed by atoms with van der Waals surface area (Å²) < 4.78 is 25.2. The number of carbonyl (C=O) groups excluding carboxylic acids is 1. The van der Waals surface area contributed by atoms with Crippen LogP contribution in [0.5, 0.6) is 6.01 Å². The molecular formula is C31H32BN3O5. The third-order valence-corrected chi connectivity index (χ3v) is 7.71. The Balaban J connectivity index is 1.49. The summed E-state index contributed by atoms with van der Waals surface area (Å²) in [6.07, 6.45) is 0. The molecule has 2 heterocycles. The average Bonchev–Trinajstić information content (AvgIpc) is 3.40.